The first-order chi connectivity index (χ1) is 9.31. The van der Waals surface area contributed by atoms with Crippen molar-refractivity contribution in [2.45, 2.75) is 26.2 Å². The van der Waals surface area contributed by atoms with Gasteiger partial charge in [0.1, 0.15) is 0 Å². The zero-order valence-corrected chi connectivity index (χ0v) is 13.1. The van der Waals surface area contributed by atoms with Gasteiger partial charge in [-0.3, -0.25) is 9.52 Å². The molecule has 1 aromatic carbocycles. The number of amides is 1. The lowest BCUT2D eigenvalue weighted by molar-refractivity contribution is -0.116. The summed E-state index contributed by atoms with van der Waals surface area (Å²) in [5.41, 5.74) is 1.90. The summed E-state index contributed by atoms with van der Waals surface area (Å²) in [6.07, 6.45) is 3.08. The van der Waals surface area contributed by atoms with Crippen LogP contribution in [-0.2, 0) is 14.8 Å². The van der Waals surface area contributed by atoms with Gasteiger partial charge in [-0.1, -0.05) is 0 Å². The Hall–Kier alpha value is -1.27. The van der Waals surface area contributed by atoms with Crippen molar-refractivity contribution in [1.29, 1.82) is 0 Å². The number of aryl methyl sites for hydroxylation is 1. The molecule has 7 heteroatoms. The molecule has 0 spiro atoms. The number of hydrogen-bond donors (Lipinski definition) is 2. The first kappa shape index (κ1) is 16.8. The molecule has 0 atom stereocenters. The summed E-state index contributed by atoms with van der Waals surface area (Å²) < 4.78 is 24.8. The van der Waals surface area contributed by atoms with Crippen LogP contribution in [0.1, 0.15) is 24.8 Å². The monoisotopic (exact) mass is 318 g/mol. The smallest absolute Gasteiger partial charge is 0.229 e. The summed E-state index contributed by atoms with van der Waals surface area (Å²) in [4.78, 5) is 11.6. The van der Waals surface area contributed by atoms with E-state index in [1.807, 2.05) is 0 Å². The Morgan fingerprint density at radius 2 is 2.00 bits per heavy atom. The minimum atomic E-state index is -3.30. The topological polar surface area (TPSA) is 75.3 Å². The van der Waals surface area contributed by atoms with Gasteiger partial charge in [-0.25, -0.2) is 8.42 Å². The summed E-state index contributed by atoms with van der Waals surface area (Å²) in [6, 6.07) is 5.03. The molecule has 0 bridgehead atoms. The molecular formula is C13H19ClN2O3S. The van der Waals surface area contributed by atoms with E-state index in [1.54, 1.807) is 25.1 Å². The lowest BCUT2D eigenvalue weighted by Gasteiger charge is -2.10. The standard InChI is InChI=1S/C13H19ClN2O3S/c1-10-9-11(15-13(17)5-3-4-8-14)6-7-12(10)16-20(2,18)19/h6-7,9,16H,3-5,8H2,1-2H3,(H,15,17). The Balaban J connectivity index is 2.65. The summed E-state index contributed by atoms with van der Waals surface area (Å²) in [5, 5.41) is 2.77. The molecule has 0 radical (unpaired) electrons. The Bertz CT molecular complexity index is 573. The number of anilines is 2. The number of carbonyl (C=O) groups is 1. The van der Waals surface area contributed by atoms with Crippen molar-refractivity contribution in [3.8, 4) is 0 Å². The van der Waals surface area contributed by atoms with Gasteiger partial charge in [-0.2, -0.15) is 0 Å². The first-order valence-corrected chi connectivity index (χ1v) is 8.68. The molecule has 1 rings (SSSR count). The molecule has 5 nitrogen and oxygen atoms in total. The third-order valence-electron chi connectivity index (χ3n) is 2.59. The van der Waals surface area contributed by atoms with Gasteiger partial charge in [-0.05, 0) is 43.5 Å². The molecule has 0 aromatic heterocycles. The van der Waals surface area contributed by atoms with E-state index in [2.05, 4.69) is 10.0 Å². The molecule has 0 heterocycles. The van der Waals surface area contributed by atoms with Gasteiger partial charge in [-0.15, -0.1) is 11.6 Å². The average molecular weight is 319 g/mol. The fourth-order valence-corrected chi connectivity index (χ4v) is 2.48. The quantitative estimate of drug-likeness (QED) is 0.599. The van der Waals surface area contributed by atoms with Gasteiger partial charge in [0, 0.05) is 18.0 Å². The first-order valence-electron chi connectivity index (χ1n) is 6.26. The normalized spacial score (nSPS) is 11.2. The largest absolute Gasteiger partial charge is 0.326 e. The molecule has 20 heavy (non-hydrogen) atoms. The molecule has 0 saturated carbocycles. The Morgan fingerprint density at radius 3 is 2.55 bits per heavy atom. The third-order valence-corrected chi connectivity index (χ3v) is 3.45. The van der Waals surface area contributed by atoms with E-state index in [-0.39, 0.29) is 5.91 Å². The number of sulfonamides is 1. The van der Waals surface area contributed by atoms with Crippen molar-refractivity contribution < 1.29 is 13.2 Å². The van der Waals surface area contributed by atoms with E-state index in [4.69, 9.17) is 11.6 Å². The van der Waals surface area contributed by atoms with Crippen LogP contribution in [0.25, 0.3) is 0 Å². The summed E-state index contributed by atoms with van der Waals surface area (Å²) in [6.45, 7) is 1.77. The molecule has 0 aliphatic rings. The van der Waals surface area contributed by atoms with E-state index in [9.17, 15) is 13.2 Å². The highest BCUT2D eigenvalue weighted by Crippen LogP contribution is 2.20. The van der Waals surface area contributed by atoms with Gasteiger partial charge < -0.3 is 5.32 Å². The Morgan fingerprint density at radius 1 is 1.30 bits per heavy atom. The van der Waals surface area contributed by atoms with Crippen molar-refractivity contribution in [2.75, 3.05) is 22.2 Å². The second-order valence-electron chi connectivity index (χ2n) is 4.60. The zero-order valence-electron chi connectivity index (χ0n) is 11.6. The van der Waals surface area contributed by atoms with E-state index < -0.39 is 10.0 Å². The number of alkyl halides is 1. The van der Waals surface area contributed by atoms with Crippen molar-refractivity contribution in [3.05, 3.63) is 23.8 Å². The predicted octanol–water partition coefficient (Wildman–Crippen LogP) is 2.71. The summed E-state index contributed by atoms with van der Waals surface area (Å²) in [5.74, 6) is 0.483. The van der Waals surface area contributed by atoms with Crippen LogP contribution in [0.2, 0.25) is 0 Å². The highest BCUT2D eigenvalue weighted by molar-refractivity contribution is 7.92. The molecular weight excluding hydrogens is 300 g/mol. The van der Waals surface area contributed by atoms with Crippen LogP contribution in [0.4, 0.5) is 11.4 Å². The van der Waals surface area contributed by atoms with E-state index in [0.717, 1.165) is 24.7 Å². The molecule has 0 unspecified atom stereocenters. The molecule has 1 aromatic rings. The third kappa shape index (κ3) is 6.25. The number of hydrogen-bond acceptors (Lipinski definition) is 3. The second-order valence-corrected chi connectivity index (χ2v) is 6.72. The molecule has 0 aliphatic carbocycles. The minimum Gasteiger partial charge on any atom is -0.326 e. The highest BCUT2D eigenvalue weighted by Gasteiger charge is 2.07. The van der Waals surface area contributed by atoms with Gasteiger partial charge in [0.05, 0.1) is 11.9 Å². The number of nitrogens with one attached hydrogen (secondary N) is 2. The number of unbranched alkanes of at least 4 members (excludes halogenated alkanes) is 1. The number of rotatable bonds is 7. The summed E-state index contributed by atoms with van der Waals surface area (Å²) in [7, 11) is -3.30. The molecule has 1 amide bonds. The average Bonchev–Trinajstić information content (AvgIpc) is 2.31. The predicted molar refractivity (Wildman–Crippen MR) is 82.8 cm³/mol. The zero-order chi connectivity index (χ0) is 15.2. The van der Waals surface area contributed by atoms with E-state index in [1.165, 1.54) is 0 Å². The number of benzene rings is 1. The molecule has 0 fully saturated rings. The van der Waals surface area contributed by atoms with Crippen LogP contribution in [0.5, 0.6) is 0 Å². The van der Waals surface area contributed by atoms with Crippen LogP contribution in [-0.4, -0.2) is 26.5 Å². The van der Waals surface area contributed by atoms with Crippen molar-refractivity contribution in [1.82, 2.24) is 0 Å². The van der Waals surface area contributed by atoms with Gasteiger partial charge >= 0.3 is 0 Å². The van der Waals surface area contributed by atoms with Crippen LogP contribution < -0.4 is 10.0 Å². The van der Waals surface area contributed by atoms with Crippen LogP contribution in [0.3, 0.4) is 0 Å². The fraction of sp³-hybridized carbons (Fsp3) is 0.462. The van der Waals surface area contributed by atoms with Gasteiger partial charge in [0.15, 0.2) is 0 Å². The highest BCUT2D eigenvalue weighted by atomic mass is 35.5. The maximum atomic E-state index is 11.6. The Kier molecular flexibility index (Phi) is 6.29. The van der Waals surface area contributed by atoms with Crippen LogP contribution >= 0.6 is 11.6 Å². The molecule has 0 aliphatic heterocycles. The molecule has 2 N–H and O–H groups in total. The SMILES string of the molecule is Cc1cc(NC(=O)CCCCCl)ccc1NS(C)(=O)=O. The van der Waals surface area contributed by atoms with Crippen molar-refractivity contribution >= 4 is 38.9 Å². The van der Waals surface area contributed by atoms with E-state index >= 15 is 0 Å². The summed E-state index contributed by atoms with van der Waals surface area (Å²) >= 11 is 5.55. The maximum Gasteiger partial charge on any atom is 0.229 e. The molecule has 0 saturated heterocycles. The van der Waals surface area contributed by atoms with E-state index in [0.29, 0.717) is 23.7 Å². The number of halogens is 1. The maximum absolute atomic E-state index is 11.6. The van der Waals surface area contributed by atoms with Crippen molar-refractivity contribution in [2.24, 2.45) is 0 Å². The Labute approximate surface area is 124 Å². The second kappa shape index (κ2) is 7.50. The van der Waals surface area contributed by atoms with Crippen LogP contribution in [0, 0.1) is 6.92 Å². The molecule has 112 valence electrons. The van der Waals surface area contributed by atoms with Gasteiger partial charge in [0.2, 0.25) is 15.9 Å². The lowest BCUT2D eigenvalue weighted by Crippen LogP contribution is -2.13. The van der Waals surface area contributed by atoms with Crippen molar-refractivity contribution in [3.63, 3.8) is 0 Å². The number of carbonyl (C=O) groups excluding carboxylic acids is 1. The fourth-order valence-electron chi connectivity index (χ4n) is 1.66. The van der Waals surface area contributed by atoms with Gasteiger partial charge in [0.25, 0.3) is 0 Å². The van der Waals surface area contributed by atoms with Crippen LogP contribution in [0.15, 0.2) is 18.2 Å². The minimum absolute atomic E-state index is 0.0710. The lowest BCUT2D eigenvalue weighted by atomic mass is 10.1.